The second-order valence-electron chi connectivity index (χ2n) is 5.75. The van der Waals surface area contributed by atoms with Gasteiger partial charge in [-0.05, 0) is 36.8 Å². The lowest BCUT2D eigenvalue weighted by Crippen LogP contribution is -2.18. The van der Waals surface area contributed by atoms with Gasteiger partial charge >= 0.3 is 5.97 Å². The number of nitrogens with zero attached hydrogens (tertiary/aromatic N) is 1. The molecule has 0 atom stereocenters. The van der Waals surface area contributed by atoms with Crippen LogP contribution in [0.1, 0.15) is 23.8 Å². The number of esters is 1. The summed E-state index contributed by atoms with van der Waals surface area (Å²) in [5, 5.41) is 6.96. The maximum absolute atomic E-state index is 12.2. The Labute approximate surface area is 155 Å². The van der Waals surface area contributed by atoms with Crippen LogP contribution in [0.3, 0.4) is 0 Å². The Hall–Kier alpha value is -3.35. The molecule has 3 aromatic rings. The van der Waals surface area contributed by atoms with Crippen molar-refractivity contribution in [2.45, 2.75) is 13.3 Å². The van der Waals surface area contributed by atoms with Crippen LogP contribution in [0.4, 0.5) is 0 Å². The molecule has 0 spiro atoms. The van der Waals surface area contributed by atoms with Crippen LogP contribution in [0.25, 0.3) is 10.8 Å². The third-order valence-electron chi connectivity index (χ3n) is 3.77. The fourth-order valence-corrected chi connectivity index (χ4v) is 2.48. The fraction of sp³-hybridized carbons (Fsp3) is 0.250. The van der Waals surface area contributed by atoms with Crippen molar-refractivity contribution < 1.29 is 19.0 Å². The summed E-state index contributed by atoms with van der Waals surface area (Å²) >= 11 is 0. The number of hydrogen-bond acceptors (Lipinski definition) is 6. The predicted molar refractivity (Wildman–Crippen MR) is 100 cm³/mol. The molecule has 0 bridgehead atoms. The molecular weight excluding hydrogens is 348 g/mol. The summed E-state index contributed by atoms with van der Waals surface area (Å²) in [5.41, 5.74) is -0.278. The third-order valence-corrected chi connectivity index (χ3v) is 3.77. The van der Waals surface area contributed by atoms with Gasteiger partial charge in [0.15, 0.2) is 5.69 Å². The first-order valence-electron chi connectivity index (χ1n) is 8.69. The van der Waals surface area contributed by atoms with Crippen molar-refractivity contribution >= 4 is 16.7 Å². The number of hydrogen-bond donors (Lipinski definition) is 1. The van der Waals surface area contributed by atoms with Crippen molar-refractivity contribution in [3.8, 4) is 11.5 Å². The van der Waals surface area contributed by atoms with Gasteiger partial charge in [0.25, 0.3) is 5.56 Å². The summed E-state index contributed by atoms with van der Waals surface area (Å²) in [4.78, 5) is 24.0. The number of nitrogens with one attached hydrogen (secondary N) is 1. The third kappa shape index (κ3) is 4.63. The van der Waals surface area contributed by atoms with Crippen molar-refractivity contribution in [3.05, 3.63) is 64.6 Å². The highest BCUT2D eigenvalue weighted by molar-refractivity contribution is 6.01. The van der Waals surface area contributed by atoms with Crippen LogP contribution < -0.4 is 15.0 Å². The highest BCUT2D eigenvalue weighted by Gasteiger charge is 2.15. The van der Waals surface area contributed by atoms with E-state index < -0.39 is 5.97 Å². The number of fused-ring (bicyclic) bond motifs is 1. The maximum atomic E-state index is 12.2. The zero-order chi connectivity index (χ0) is 19.1. The zero-order valence-corrected chi connectivity index (χ0v) is 14.9. The first kappa shape index (κ1) is 18.4. The van der Waals surface area contributed by atoms with E-state index in [0.717, 1.165) is 12.2 Å². The van der Waals surface area contributed by atoms with Gasteiger partial charge in [-0.15, -0.1) is 0 Å². The quantitative estimate of drug-likeness (QED) is 0.486. The monoisotopic (exact) mass is 368 g/mol. The predicted octanol–water partition coefficient (Wildman–Crippen LogP) is 2.95. The van der Waals surface area contributed by atoms with E-state index >= 15 is 0 Å². The van der Waals surface area contributed by atoms with Crippen LogP contribution in [0.15, 0.2) is 53.3 Å². The van der Waals surface area contributed by atoms with E-state index in [0.29, 0.717) is 23.1 Å². The van der Waals surface area contributed by atoms with E-state index in [1.165, 1.54) is 0 Å². The Bertz CT molecular complexity index is 966. The summed E-state index contributed by atoms with van der Waals surface area (Å²) in [6, 6.07) is 14.0. The topological polar surface area (TPSA) is 90.5 Å². The minimum Gasteiger partial charge on any atom is -0.494 e. The molecule has 7 heteroatoms. The van der Waals surface area contributed by atoms with Crippen molar-refractivity contribution in [2.75, 3.05) is 19.8 Å². The number of ether oxygens (including phenoxy) is 3. The summed E-state index contributed by atoms with van der Waals surface area (Å²) < 4.78 is 16.3. The van der Waals surface area contributed by atoms with Gasteiger partial charge in [-0.1, -0.05) is 25.1 Å². The highest BCUT2D eigenvalue weighted by Crippen LogP contribution is 2.18. The van der Waals surface area contributed by atoms with Gasteiger partial charge in [-0.25, -0.2) is 9.89 Å². The second kappa shape index (κ2) is 8.84. The molecule has 27 heavy (non-hydrogen) atoms. The first-order valence-corrected chi connectivity index (χ1v) is 8.69. The van der Waals surface area contributed by atoms with Crippen LogP contribution in [0, 0.1) is 0 Å². The number of H-pyrrole nitrogens is 1. The molecule has 0 fully saturated rings. The molecule has 2 aromatic carbocycles. The molecule has 0 aliphatic rings. The Morgan fingerprint density at radius 3 is 2.22 bits per heavy atom. The molecule has 0 radical (unpaired) electrons. The molecule has 0 saturated heterocycles. The van der Waals surface area contributed by atoms with E-state index in [9.17, 15) is 9.59 Å². The van der Waals surface area contributed by atoms with E-state index in [4.69, 9.17) is 14.2 Å². The van der Waals surface area contributed by atoms with Gasteiger partial charge in [0, 0.05) is 5.39 Å². The van der Waals surface area contributed by atoms with Crippen LogP contribution in [0.2, 0.25) is 0 Å². The van der Waals surface area contributed by atoms with Crippen molar-refractivity contribution in [2.24, 2.45) is 0 Å². The Kier molecular flexibility index (Phi) is 6.04. The SMILES string of the molecule is CCCOc1ccc(OCCOC(=O)c2n[nH]c(=O)c3ccccc23)cc1. The lowest BCUT2D eigenvalue weighted by atomic mass is 10.1. The molecular formula is C20H20N2O5. The number of aromatic nitrogens is 2. The van der Waals surface area contributed by atoms with Gasteiger partial charge in [0.1, 0.15) is 24.7 Å². The molecule has 0 unspecified atom stereocenters. The molecule has 1 N–H and O–H groups in total. The Balaban J connectivity index is 1.53. The number of benzene rings is 2. The van der Waals surface area contributed by atoms with E-state index in [-0.39, 0.29) is 24.5 Å². The van der Waals surface area contributed by atoms with Crippen LogP contribution in [-0.4, -0.2) is 36.0 Å². The summed E-state index contributed by atoms with van der Waals surface area (Å²) in [6.07, 6.45) is 0.947. The number of carbonyl (C=O) groups is 1. The van der Waals surface area contributed by atoms with Crippen molar-refractivity contribution in [1.29, 1.82) is 0 Å². The van der Waals surface area contributed by atoms with E-state index in [1.54, 1.807) is 36.4 Å². The van der Waals surface area contributed by atoms with Crippen LogP contribution >= 0.6 is 0 Å². The minimum absolute atomic E-state index is 0.0576. The second-order valence-corrected chi connectivity index (χ2v) is 5.75. The smallest absolute Gasteiger partial charge is 0.359 e. The van der Waals surface area contributed by atoms with Crippen LogP contribution in [0.5, 0.6) is 11.5 Å². The van der Waals surface area contributed by atoms with Crippen molar-refractivity contribution in [3.63, 3.8) is 0 Å². The average molecular weight is 368 g/mol. The highest BCUT2D eigenvalue weighted by atomic mass is 16.6. The van der Waals surface area contributed by atoms with Crippen molar-refractivity contribution in [1.82, 2.24) is 10.2 Å². The molecule has 1 heterocycles. The van der Waals surface area contributed by atoms with Gasteiger partial charge in [-0.2, -0.15) is 5.10 Å². The van der Waals surface area contributed by atoms with Gasteiger partial charge in [0.2, 0.25) is 0 Å². The number of rotatable bonds is 8. The minimum atomic E-state index is -0.616. The molecule has 7 nitrogen and oxygen atoms in total. The summed E-state index contributed by atoms with van der Waals surface area (Å²) in [7, 11) is 0. The lowest BCUT2D eigenvalue weighted by Gasteiger charge is -2.09. The average Bonchev–Trinajstić information content (AvgIpc) is 2.71. The first-order chi connectivity index (χ1) is 13.2. The van der Waals surface area contributed by atoms with Gasteiger partial charge in [0.05, 0.1) is 12.0 Å². The number of aromatic amines is 1. The molecule has 0 aliphatic heterocycles. The molecule has 1 aromatic heterocycles. The molecule has 0 saturated carbocycles. The fourth-order valence-electron chi connectivity index (χ4n) is 2.48. The standard InChI is InChI=1S/C20H20N2O5/c1-2-11-25-14-7-9-15(10-8-14)26-12-13-27-20(24)18-16-5-3-4-6-17(16)19(23)22-21-18/h3-10H,2,11-13H2,1H3,(H,22,23). The van der Waals surface area contributed by atoms with E-state index in [2.05, 4.69) is 10.2 Å². The van der Waals surface area contributed by atoms with Crippen LogP contribution in [-0.2, 0) is 4.74 Å². The summed E-state index contributed by atoms with van der Waals surface area (Å²) in [5.74, 6) is 0.823. The zero-order valence-electron chi connectivity index (χ0n) is 14.9. The maximum Gasteiger partial charge on any atom is 0.359 e. The summed E-state index contributed by atoms with van der Waals surface area (Å²) in [6.45, 7) is 2.97. The largest absolute Gasteiger partial charge is 0.494 e. The van der Waals surface area contributed by atoms with Gasteiger partial charge < -0.3 is 14.2 Å². The molecule has 140 valence electrons. The Morgan fingerprint density at radius 1 is 0.926 bits per heavy atom. The number of carbonyl (C=O) groups excluding carboxylic acids is 1. The molecule has 3 rings (SSSR count). The Morgan fingerprint density at radius 2 is 1.56 bits per heavy atom. The normalized spacial score (nSPS) is 10.6. The lowest BCUT2D eigenvalue weighted by molar-refractivity contribution is 0.0445. The molecule has 0 aliphatic carbocycles. The molecule has 0 amide bonds. The van der Waals surface area contributed by atoms with Gasteiger partial charge in [-0.3, -0.25) is 4.79 Å². The van der Waals surface area contributed by atoms with E-state index in [1.807, 2.05) is 19.1 Å².